The van der Waals surface area contributed by atoms with Crippen LogP contribution in [-0.4, -0.2) is 31.6 Å². The third-order valence-electron chi connectivity index (χ3n) is 4.57. The van der Waals surface area contributed by atoms with Crippen molar-refractivity contribution in [1.29, 1.82) is 0 Å². The van der Waals surface area contributed by atoms with Gasteiger partial charge in [0.1, 0.15) is 13.7 Å². The summed E-state index contributed by atoms with van der Waals surface area (Å²) in [6.07, 6.45) is -3.17. The number of nitrogens with zero attached hydrogens (tertiary/aromatic N) is 2. The van der Waals surface area contributed by atoms with E-state index in [-0.39, 0.29) is 23.6 Å². The quantitative estimate of drug-likeness (QED) is 0.319. The number of ether oxygens (including phenoxy) is 1. The molecule has 0 radical (unpaired) electrons. The van der Waals surface area contributed by atoms with Crippen molar-refractivity contribution in [2.45, 2.75) is 26.6 Å². The summed E-state index contributed by atoms with van der Waals surface area (Å²) in [5.41, 5.74) is 1.76. The molecule has 0 aliphatic rings. The van der Waals surface area contributed by atoms with Crippen LogP contribution in [0, 0.1) is 6.92 Å². The van der Waals surface area contributed by atoms with Gasteiger partial charge in [0.15, 0.2) is 5.71 Å². The highest BCUT2D eigenvalue weighted by molar-refractivity contribution is 6.43. The van der Waals surface area contributed by atoms with Crippen molar-refractivity contribution in [2.24, 2.45) is 10.3 Å². The highest BCUT2D eigenvalue weighted by atomic mass is 19.4. The third-order valence-corrected chi connectivity index (χ3v) is 4.57. The Kier molecular flexibility index (Phi) is 8.17. The molecule has 0 N–H and O–H groups in total. The summed E-state index contributed by atoms with van der Waals surface area (Å²) in [6, 6.07) is 8.73. The van der Waals surface area contributed by atoms with Gasteiger partial charge in [-0.05, 0) is 43.2 Å². The van der Waals surface area contributed by atoms with Crippen molar-refractivity contribution in [1.82, 2.24) is 0 Å². The molecule has 0 unspecified atom stereocenters. The highest BCUT2D eigenvalue weighted by Gasteiger charge is 2.31. The summed E-state index contributed by atoms with van der Waals surface area (Å²) in [4.78, 5) is 22.3. The van der Waals surface area contributed by atoms with E-state index < -0.39 is 17.7 Å². The number of esters is 1. The average Bonchev–Trinajstić information content (AvgIpc) is 2.77. The number of alkyl halides is 3. The first-order chi connectivity index (χ1) is 15.1. The fourth-order valence-electron chi connectivity index (χ4n) is 2.89. The molecule has 0 atom stereocenters. The second-order valence-electron chi connectivity index (χ2n) is 6.71. The SMILES string of the molecule is C=Cc1cc(/C(C)=N/OCc2c(C)cccc2/C(=N\OC)C(=O)OC)cc(C(F)(F)F)c1. The van der Waals surface area contributed by atoms with Gasteiger partial charge in [-0.15, -0.1) is 0 Å². The summed E-state index contributed by atoms with van der Waals surface area (Å²) in [5.74, 6) is -0.695. The monoisotopic (exact) mass is 448 g/mol. The van der Waals surface area contributed by atoms with Gasteiger partial charge in [-0.2, -0.15) is 13.2 Å². The molecule has 0 fully saturated rings. The van der Waals surface area contributed by atoms with Crippen molar-refractivity contribution < 1.29 is 32.4 Å². The summed E-state index contributed by atoms with van der Waals surface area (Å²) in [6.45, 7) is 6.81. The Morgan fingerprint density at radius 3 is 2.47 bits per heavy atom. The molecule has 2 rings (SSSR count). The number of hydrogen-bond acceptors (Lipinski definition) is 6. The Labute approximate surface area is 184 Å². The maximum atomic E-state index is 13.2. The topological polar surface area (TPSA) is 69.5 Å². The zero-order valence-corrected chi connectivity index (χ0v) is 18.1. The fraction of sp³-hybridized carbons (Fsp3) is 0.261. The smallest absolute Gasteiger partial charge is 0.416 e. The second kappa shape index (κ2) is 10.6. The van der Waals surface area contributed by atoms with Crippen LogP contribution in [0.1, 0.15) is 40.3 Å². The molecule has 0 aromatic heterocycles. The molecule has 0 saturated carbocycles. The number of carbonyl (C=O) groups excluding carboxylic acids is 1. The Morgan fingerprint density at radius 2 is 1.88 bits per heavy atom. The normalized spacial score (nSPS) is 12.3. The van der Waals surface area contributed by atoms with Crippen molar-refractivity contribution in [3.8, 4) is 0 Å². The molecular formula is C23H23F3N2O4. The largest absolute Gasteiger partial charge is 0.464 e. The Hall–Kier alpha value is -3.62. The van der Waals surface area contributed by atoms with E-state index in [1.54, 1.807) is 12.1 Å². The molecule has 0 amide bonds. The Bertz CT molecular complexity index is 1060. The summed E-state index contributed by atoms with van der Waals surface area (Å²) in [5, 5.41) is 7.71. The maximum absolute atomic E-state index is 13.2. The minimum Gasteiger partial charge on any atom is -0.464 e. The zero-order valence-electron chi connectivity index (χ0n) is 18.1. The van der Waals surface area contributed by atoms with Gasteiger partial charge in [0.05, 0.1) is 18.4 Å². The molecule has 0 heterocycles. The van der Waals surface area contributed by atoms with E-state index in [1.807, 2.05) is 13.0 Å². The minimum atomic E-state index is -4.50. The Morgan fingerprint density at radius 1 is 1.16 bits per heavy atom. The predicted octanol–water partition coefficient (Wildman–Crippen LogP) is 5.12. The van der Waals surface area contributed by atoms with E-state index in [2.05, 4.69) is 16.9 Å². The molecule has 9 heteroatoms. The number of halogens is 3. The van der Waals surface area contributed by atoms with Crippen LogP contribution in [0.5, 0.6) is 0 Å². The molecule has 0 spiro atoms. The Balaban J connectivity index is 2.35. The second-order valence-corrected chi connectivity index (χ2v) is 6.71. The number of rotatable bonds is 8. The summed E-state index contributed by atoms with van der Waals surface area (Å²) >= 11 is 0. The van der Waals surface area contributed by atoms with Gasteiger partial charge in [0.2, 0.25) is 0 Å². The lowest BCUT2D eigenvalue weighted by atomic mass is 9.99. The van der Waals surface area contributed by atoms with Crippen molar-refractivity contribution in [3.63, 3.8) is 0 Å². The van der Waals surface area contributed by atoms with Gasteiger partial charge in [0.25, 0.3) is 0 Å². The molecule has 32 heavy (non-hydrogen) atoms. The minimum absolute atomic E-state index is 0.0495. The lowest BCUT2D eigenvalue weighted by molar-refractivity contribution is -0.137. The average molecular weight is 448 g/mol. The molecule has 2 aromatic carbocycles. The first-order valence-corrected chi connectivity index (χ1v) is 9.42. The maximum Gasteiger partial charge on any atom is 0.416 e. The molecule has 170 valence electrons. The number of methoxy groups -OCH3 is 1. The van der Waals surface area contributed by atoms with Crippen LogP contribution in [0.15, 0.2) is 53.3 Å². The lowest BCUT2D eigenvalue weighted by Gasteiger charge is -2.13. The van der Waals surface area contributed by atoms with Gasteiger partial charge >= 0.3 is 12.1 Å². The van der Waals surface area contributed by atoms with Crippen molar-refractivity contribution in [2.75, 3.05) is 14.2 Å². The van der Waals surface area contributed by atoms with E-state index >= 15 is 0 Å². The first-order valence-electron chi connectivity index (χ1n) is 9.42. The standard InChI is InChI=1S/C23H23F3N2O4/c1-6-16-10-17(12-18(11-16)23(24,25)26)15(3)27-32-13-20-14(2)8-7-9-19(20)21(28-31-5)22(29)30-4/h6-12H,1,13H2,2-5H3/b27-15+,28-21+. The van der Waals surface area contributed by atoms with Crippen LogP contribution >= 0.6 is 0 Å². The van der Waals surface area contributed by atoms with Crippen LogP contribution in [0.3, 0.4) is 0 Å². The van der Waals surface area contributed by atoms with E-state index in [9.17, 15) is 18.0 Å². The van der Waals surface area contributed by atoms with Gasteiger partial charge in [-0.3, -0.25) is 0 Å². The number of carbonyl (C=O) groups is 1. The summed E-state index contributed by atoms with van der Waals surface area (Å²) in [7, 11) is 2.52. The van der Waals surface area contributed by atoms with E-state index in [1.165, 1.54) is 33.3 Å². The van der Waals surface area contributed by atoms with Gasteiger partial charge in [-0.1, -0.05) is 41.2 Å². The predicted molar refractivity (Wildman–Crippen MR) is 115 cm³/mol. The van der Waals surface area contributed by atoms with Gasteiger partial charge in [-0.25, -0.2) is 4.79 Å². The van der Waals surface area contributed by atoms with E-state index in [0.717, 1.165) is 17.7 Å². The molecule has 0 saturated heterocycles. The van der Waals surface area contributed by atoms with E-state index in [0.29, 0.717) is 16.7 Å². The van der Waals surface area contributed by atoms with Crippen LogP contribution < -0.4 is 0 Å². The first kappa shape index (κ1) is 24.6. The number of hydrogen-bond donors (Lipinski definition) is 0. The highest BCUT2D eigenvalue weighted by Crippen LogP contribution is 2.31. The van der Waals surface area contributed by atoms with Crippen molar-refractivity contribution in [3.05, 3.63) is 76.4 Å². The van der Waals surface area contributed by atoms with Crippen LogP contribution in [0.4, 0.5) is 13.2 Å². The number of oxime groups is 2. The van der Waals surface area contributed by atoms with Crippen LogP contribution in [0.25, 0.3) is 6.08 Å². The molecule has 2 aromatic rings. The van der Waals surface area contributed by atoms with Crippen LogP contribution in [-0.2, 0) is 32.0 Å². The zero-order chi connectivity index (χ0) is 23.9. The summed E-state index contributed by atoms with van der Waals surface area (Å²) < 4.78 is 44.3. The molecule has 0 aliphatic heterocycles. The lowest BCUT2D eigenvalue weighted by Crippen LogP contribution is -2.20. The van der Waals surface area contributed by atoms with E-state index in [4.69, 9.17) is 14.4 Å². The van der Waals surface area contributed by atoms with Gasteiger partial charge < -0.3 is 14.4 Å². The van der Waals surface area contributed by atoms with Crippen molar-refractivity contribution >= 4 is 23.5 Å². The third kappa shape index (κ3) is 5.96. The molecular weight excluding hydrogens is 425 g/mol. The molecule has 6 nitrogen and oxygen atoms in total. The van der Waals surface area contributed by atoms with Crippen LogP contribution in [0.2, 0.25) is 0 Å². The molecule has 0 bridgehead atoms. The van der Waals surface area contributed by atoms with Gasteiger partial charge in [0, 0.05) is 16.7 Å². The molecule has 0 aliphatic carbocycles. The fourth-order valence-corrected chi connectivity index (χ4v) is 2.89. The number of aryl methyl sites for hydroxylation is 1. The number of benzene rings is 2.